The Balaban J connectivity index is 1.95. The van der Waals surface area contributed by atoms with Gasteiger partial charge in [-0.05, 0) is 31.9 Å². The standard InChI is InChI=1S/C14H20ClN3O2S/c1-12-17-13-6-2-3-7-14(13)18(12)10-9-16-21(19,20)11-5-4-8-15/h2-3,6-7,16H,4-5,8-11H2,1H3. The Morgan fingerprint density at radius 3 is 2.81 bits per heavy atom. The van der Waals surface area contributed by atoms with E-state index in [1.807, 2.05) is 35.8 Å². The first kappa shape index (κ1) is 16.3. The van der Waals surface area contributed by atoms with Gasteiger partial charge in [-0.15, -0.1) is 11.6 Å². The molecule has 1 N–H and O–H groups in total. The summed E-state index contributed by atoms with van der Waals surface area (Å²) in [6.07, 6.45) is 1.31. The van der Waals surface area contributed by atoms with Crippen molar-refractivity contribution in [3.05, 3.63) is 30.1 Å². The summed E-state index contributed by atoms with van der Waals surface area (Å²) < 4.78 is 28.3. The largest absolute Gasteiger partial charge is 0.327 e. The Morgan fingerprint density at radius 2 is 2.05 bits per heavy atom. The van der Waals surface area contributed by atoms with Gasteiger partial charge in [0.25, 0.3) is 0 Å². The fourth-order valence-corrected chi connectivity index (χ4v) is 3.57. The summed E-state index contributed by atoms with van der Waals surface area (Å²) in [5.41, 5.74) is 1.95. The summed E-state index contributed by atoms with van der Waals surface area (Å²) in [6, 6.07) is 7.84. The Labute approximate surface area is 130 Å². The first-order chi connectivity index (χ1) is 10.0. The number of hydrogen-bond acceptors (Lipinski definition) is 3. The Morgan fingerprint density at radius 1 is 1.29 bits per heavy atom. The number of unbranched alkanes of at least 4 members (excludes halogenated alkanes) is 1. The van der Waals surface area contributed by atoms with Crippen molar-refractivity contribution in [3.8, 4) is 0 Å². The van der Waals surface area contributed by atoms with E-state index in [0.29, 0.717) is 31.8 Å². The second-order valence-electron chi connectivity index (χ2n) is 4.91. The van der Waals surface area contributed by atoms with Crippen molar-refractivity contribution in [2.45, 2.75) is 26.3 Å². The average Bonchev–Trinajstić information content (AvgIpc) is 2.75. The zero-order valence-electron chi connectivity index (χ0n) is 12.0. The number of hydrogen-bond donors (Lipinski definition) is 1. The van der Waals surface area contributed by atoms with Crippen LogP contribution in [0.15, 0.2) is 24.3 Å². The fourth-order valence-electron chi connectivity index (χ4n) is 2.25. The highest BCUT2D eigenvalue weighted by molar-refractivity contribution is 7.89. The highest BCUT2D eigenvalue weighted by Gasteiger charge is 2.10. The van der Waals surface area contributed by atoms with Gasteiger partial charge in [0, 0.05) is 19.0 Å². The summed E-state index contributed by atoms with van der Waals surface area (Å²) in [5, 5.41) is 0. The second kappa shape index (κ2) is 7.24. The molecule has 5 nitrogen and oxygen atoms in total. The topological polar surface area (TPSA) is 64.0 Å². The summed E-state index contributed by atoms with van der Waals surface area (Å²) >= 11 is 5.55. The Bertz CT molecular complexity index is 697. The zero-order chi connectivity index (χ0) is 15.3. The predicted molar refractivity (Wildman–Crippen MR) is 86.2 cm³/mol. The molecule has 7 heteroatoms. The number of aromatic nitrogens is 2. The number of alkyl halides is 1. The number of fused-ring (bicyclic) bond motifs is 1. The van der Waals surface area contributed by atoms with E-state index in [9.17, 15) is 8.42 Å². The van der Waals surface area contributed by atoms with Crippen molar-refractivity contribution in [2.24, 2.45) is 0 Å². The van der Waals surface area contributed by atoms with E-state index in [1.165, 1.54) is 0 Å². The van der Waals surface area contributed by atoms with Crippen LogP contribution in [0.1, 0.15) is 18.7 Å². The normalized spacial score (nSPS) is 12.1. The minimum Gasteiger partial charge on any atom is -0.327 e. The molecule has 1 aromatic carbocycles. The van der Waals surface area contributed by atoms with Gasteiger partial charge in [-0.2, -0.15) is 0 Å². The molecule has 0 fully saturated rings. The van der Waals surface area contributed by atoms with Crippen molar-refractivity contribution >= 4 is 32.7 Å². The van der Waals surface area contributed by atoms with Gasteiger partial charge in [0.15, 0.2) is 0 Å². The number of halogens is 1. The maximum absolute atomic E-state index is 11.8. The van der Waals surface area contributed by atoms with Gasteiger partial charge in [-0.3, -0.25) is 0 Å². The van der Waals surface area contributed by atoms with E-state index in [-0.39, 0.29) is 5.75 Å². The predicted octanol–water partition coefficient (Wildman–Crippen LogP) is 2.28. The van der Waals surface area contributed by atoms with Crippen LogP contribution in [0.3, 0.4) is 0 Å². The van der Waals surface area contributed by atoms with Crippen molar-refractivity contribution in [3.63, 3.8) is 0 Å². The third-order valence-electron chi connectivity index (χ3n) is 3.30. The number of para-hydroxylation sites is 2. The van der Waals surface area contributed by atoms with Crippen LogP contribution in [-0.4, -0.2) is 36.1 Å². The first-order valence-corrected chi connectivity index (χ1v) is 9.17. The van der Waals surface area contributed by atoms with Crippen molar-refractivity contribution < 1.29 is 8.42 Å². The molecule has 2 rings (SSSR count). The molecule has 0 atom stereocenters. The molecule has 0 saturated carbocycles. The highest BCUT2D eigenvalue weighted by atomic mass is 35.5. The molecule has 1 heterocycles. The van der Waals surface area contributed by atoms with E-state index >= 15 is 0 Å². The maximum atomic E-state index is 11.8. The summed E-state index contributed by atoms with van der Waals surface area (Å²) in [6.45, 7) is 2.86. The molecule has 0 spiro atoms. The van der Waals surface area contributed by atoms with Crippen LogP contribution in [0.5, 0.6) is 0 Å². The Hall–Kier alpha value is -1.11. The number of nitrogens with zero attached hydrogens (tertiary/aromatic N) is 2. The number of rotatable bonds is 8. The lowest BCUT2D eigenvalue weighted by molar-refractivity contribution is 0.570. The molecule has 0 amide bonds. The third-order valence-corrected chi connectivity index (χ3v) is 5.04. The molecular weight excluding hydrogens is 310 g/mol. The third kappa shape index (κ3) is 4.43. The van der Waals surface area contributed by atoms with E-state index in [1.54, 1.807) is 0 Å². The molecule has 0 radical (unpaired) electrons. The fraction of sp³-hybridized carbons (Fsp3) is 0.500. The minimum atomic E-state index is -3.22. The molecule has 0 unspecified atom stereocenters. The van der Waals surface area contributed by atoms with Gasteiger partial charge in [0.05, 0.1) is 16.8 Å². The van der Waals surface area contributed by atoms with Crippen LogP contribution in [0.2, 0.25) is 0 Å². The minimum absolute atomic E-state index is 0.128. The maximum Gasteiger partial charge on any atom is 0.211 e. The Kier molecular flexibility index (Phi) is 5.61. The van der Waals surface area contributed by atoms with Gasteiger partial charge >= 0.3 is 0 Å². The first-order valence-electron chi connectivity index (χ1n) is 6.98. The molecule has 0 aliphatic carbocycles. The lowest BCUT2D eigenvalue weighted by Gasteiger charge is -2.09. The lowest BCUT2D eigenvalue weighted by Crippen LogP contribution is -2.29. The van der Waals surface area contributed by atoms with Crippen LogP contribution in [0.4, 0.5) is 0 Å². The van der Waals surface area contributed by atoms with Crippen LogP contribution >= 0.6 is 11.6 Å². The van der Waals surface area contributed by atoms with E-state index < -0.39 is 10.0 Å². The van der Waals surface area contributed by atoms with Crippen molar-refractivity contribution in [1.29, 1.82) is 0 Å². The van der Waals surface area contributed by atoms with E-state index in [4.69, 9.17) is 11.6 Å². The number of aryl methyl sites for hydroxylation is 1. The van der Waals surface area contributed by atoms with Gasteiger partial charge < -0.3 is 4.57 Å². The van der Waals surface area contributed by atoms with Crippen LogP contribution in [0.25, 0.3) is 11.0 Å². The van der Waals surface area contributed by atoms with Crippen molar-refractivity contribution in [2.75, 3.05) is 18.2 Å². The summed E-state index contributed by atoms with van der Waals surface area (Å²) in [4.78, 5) is 4.46. The molecule has 2 aromatic rings. The SMILES string of the molecule is Cc1nc2ccccc2n1CCNS(=O)(=O)CCCCCl. The quantitative estimate of drug-likeness (QED) is 0.597. The smallest absolute Gasteiger partial charge is 0.211 e. The highest BCUT2D eigenvalue weighted by Crippen LogP contribution is 2.14. The second-order valence-corrected chi connectivity index (χ2v) is 7.21. The van der Waals surface area contributed by atoms with Gasteiger partial charge in [-0.1, -0.05) is 12.1 Å². The number of imidazole rings is 1. The zero-order valence-corrected chi connectivity index (χ0v) is 13.6. The molecule has 0 saturated heterocycles. The molecule has 0 bridgehead atoms. The monoisotopic (exact) mass is 329 g/mol. The van der Waals surface area contributed by atoms with E-state index in [0.717, 1.165) is 16.9 Å². The van der Waals surface area contributed by atoms with E-state index in [2.05, 4.69) is 9.71 Å². The lowest BCUT2D eigenvalue weighted by atomic mass is 10.3. The molecule has 0 aliphatic heterocycles. The van der Waals surface area contributed by atoms with Crippen LogP contribution in [0, 0.1) is 6.92 Å². The molecule has 116 valence electrons. The molecular formula is C14H20ClN3O2S. The van der Waals surface area contributed by atoms with Crippen LogP contribution < -0.4 is 4.72 Å². The van der Waals surface area contributed by atoms with Gasteiger partial charge in [-0.25, -0.2) is 18.1 Å². The number of benzene rings is 1. The molecule has 21 heavy (non-hydrogen) atoms. The summed E-state index contributed by atoms with van der Waals surface area (Å²) in [7, 11) is -3.22. The van der Waals surface area contributed by atoms with Crippen molar-refractivity contribution in [1.82, 2.24) is 14.3 Å². The molecule has 0 aliphatic rings. The summed E-state index contributed by atoms with van der Waals surface area (Å²) in [5.74, 6) is 1.51. The average molecular weight is 330 g/mol. The molecule has 1 aromatic heterocycles. The van der Waals surface area contributed by atoms with Gasteiger partial charge in [0.1, 0.15) is 5.82 Å². The van der Waals surface area contributed by atoms with Crippen LogP contribution in [-0.2, 0) is 16.6 Å². The van der Waals surface area contributed by atoms with Gasteiger partial charge in [0.2, 0.25) is 10.0 Å². The number of sulfonamides is 1. The number of nitrogens with one attached hydrogen (secondary N) is 1.